The minimum Gasteiger partial charge on any atom is -0.375 e. The molecule has 1 aromatic rings. The first-order chi connectivity index (χ1) is 9.52. The molecule has 2 unspecified atom stereocenters. The Hall–Kier alpha value is -1.27. The van der Waals surface area contributed by atoms with Crippen molar-refractivity contribution in [1.29, 1.82) is 0 Å². The molecule has 0 spiro atoms. The number of alkyl halides is 1. The quantitative estimate of drug-likeness (QED) is 0.541. The fraction of sp³-hybridized carbons (Fsp3) is 0.667. The van der Waals surface area contributed by atoms with E-state index in [-0.39, 0.29) is 23.9 Å². The van der Waals surface area contributed by atoms with Gasteiger partial charge in [-0.05, 0) is 25.7 Å². The lowest BCUT2D eigenvalue weighted by Gasteiger charge is -2.28. The molecule has 0 aliphatic carbocycles. The van der Waals surface area contributed by atoms with Crippen LogP contribution in [0.5, 0.6) is 0 Å². The van der Waals surface area contributed by atoms with E-state index in [9.17, 15) is 4.79 Å². The summed E-state index contributed by atoms with van der Waals surface area (Å²) in [4.78, 5) is 19.1. The predicted octanol–water partition coefficient (Wildman–Crippen LogP) is -0.458. The normalized spacial score (nSPS) is 40.7. The molecule has 2 fully saturated rings. The second-order valence-corrected chi connectivity index (χ2v) is 5.67. The number of aromatic amines is 1. The Morgan fingerprint density at radius 2 is 2.21 bits per heavy atom. The molecule has 4 heterocycles. The molecule has 19 heavy (non-hydrogen) atoms. The Morgan fingerprint density at radius 3 is 2.95 bits per heavy atom. The van der Waals surface area contributed by atoms with Crippen molar-refractivity contribution in [2.75, 3.05) is 0 Å². The maximum absolute atomic E-state index is 12.2. The lowest BCUT2D eigenvalue weighted by Crippen LogP contribution is -2.43. The summed E-state index contributed by atoms with van der Waals surface area (Å²) in [5.74, 6) is 0. The fourth-order valence-corrected chi connectivity index (χ4v) is 3.44. The number of fused-ring (bicyclic) bond motifs is 3. The third kappa shape index (κ3) is 1.81. The van der Waals surface area contributed by atoms with Gasteiger partial charge in [0.25, 0.3) is 0 Å². The number of hydrogen-bond acceptors (Lipinski definition) is 4. The van der Waals surface area contributed by atoms with Gasteiger partial charge in [-0.2, -0.15) is 0 Å². The zero-order valence-electron chi connectivity index (χ0n) is 11.2. The molecule has 2 saturated heterocycles. The third-order valence-electron chi connectivity index (χ3n) is 4.10. The monoisotopic (exact) mass is 283 g/mol. The average Bonchev–Trinajstić information content (AvgIpc) is 2.87. The predicted molar refractivity (Wildman–Crippen MR) is 69.2 cm³/mol. The molecule has 2 bridgehead atoms. The molecule has 0 amide bonds. The number of aromatic nitrogens is 2. The molecule has 7 heteroatoms. The number of nitrogens with one attached hydrogen (secondary N) is 2. The van der Waals surface area contributed by atoms with Crippen LogP contribution in [0, 0.1) is 0 Å². The third-order valence-corrected chi connectivity index (χ3v) is 4.29. The number of halogens is 1. The summed E-state index contributed by atoms with van der Waals surface area (Å²) in [6, 6.07) is 0.0662. The van der Waals surface area contributed by atoms with Gasteiger partial charge >= 0.3 is 5.69 Å². The molecule has 102 valence electrons. The van der Waals surface area contributed by atoms with Crippen LogP contribution in [0.3, 0.4) is 0 Å². The van der Waals surface area contributed by atoms with E-state index in [2.05, 4.69) is 15.3 Å². The SMILES string of the molecule is [2H]C1(Cl)N=c2c([nH]c(=O)n2C2C[C@H]3CC[C@@H](C2)O3)=CN1. The molecule has 3 aliphatic heterocycles. The van der Waals surface area contributed by atoms with E-state index in [0.717, 1.165) is 25.7 Å². The molecular weight excluding hydrogens is 268 g/mol. The van der Waals surface area contributed by atoms with Gasteiger partial charge in [0.1, 0.15) is 5.35 Å². The molecule has 0 saturated carbocycles. The minimum atomic E-state index is -1.65. The van der Waals surface area contributed by atoms with E-state index >= 15 is 0 Å². The molecule has 0 radical (unpaired) electrons. The Kier molecular flexibility index (Phi) is 2.27. The highest BCUT2D eigenvalue weighted by Gasteiger charge is 2.36. The fourth-order valence-electron chi connectivity index (χ4n) is 3.31. The smallest absolute Gasteiger partial charge is 0.327 e. The first kappa shape index (κ1) is 10.5. The van der Waals surface area contributed by atoms with Crippen molar-refractivity contribution in [2.45, 2.75) is 49.5 Å². The molecule has 1 aromatic heterocycles. The van der Waals surface area contributed by atoms with Gasteiger partial charge in [-0.1, -0.05) is 11.6 Å². The average molecular weight is 284 g/mol. The summed E-state index contributed by atoms with van der Waals surface area (Å²) in [7, 11) is 0. The summed E-state index contributed by atoms with van der Waals surface area (Å²) < 4.78 is 15.2. The van der Waals surface area contributed by atoms with Gasteiger partial charge < -0.3 is 15.0 Å². The highest BCUT2D eigenvalue weighted by molar-refractivity contribution is 6.20. The van der Waals surface area contributed by atoms with Gasteiger partial charge in [0, 0.05) is 12.2 Å². The van der Waals surface area contributed by atoms with Crippen LogP contribution in [0.1, 0.15) is 33.1 Å². The van der Waals surface area contributed by atoms with Crippen molar-refractivity contribution < 1.29 is 6.11 Å². The maximum Gasteiger partial charge on any atom is 0.327 e. The Balaban J connectivity index is 1.84. The zero-order valence-corrected chi connectivity index (χ0v) is 11.0. The second-order valence-electron chi connectivity index (χ2n) is 5.31. The Labute approximate surface area is 115 Å². The number of nitrogens with zero attached hydrogens (tertiary/aromatic N) is 2. The van der Waals surface area contributed by atoms with Crippen molar-refractivity contribution >= 4 is 17.8 Å². The first-order valence-corrected chi connectivity index (χ1v) is 6.92. The maximum atomic E-state index is 12.2. The largest absolute Gasteiger partial charge is 0.375 e. The summed E-state index contributed by atoms with van der Waals surface area (Å²) in [5, 5.41) is 3.20. The summed E-state index contributed by atoms with van der Waals surface area (Å²) in [5.41, 5.74) is -1.38. The zero-order chi connectivity index (χ0) is 13.9. The molecule has 6 nitrogen and oxygen atoms in total. The van der Waals surface area contributed by atoms with Crippen molar-refractivity contribution in [3.05, 3.63) is 21.3 Å². The van der Waals surface area contributed by atoms with E-state index in [1.165, 1.54) is 6.20 Å². The summed E-state index contributed by atoms with van der Waals surface area (Å²) in [6.07, 6.45) is 5.76. The summed E-state index contributed by atoms with van der Waals surface area (Å²) >= 11 is 5.89. The number of ether oxygens (including phenoxy) is 1. The molecule has 0 aromatic carbocycles. The number of rotatable bonds is 1. The molecule has 3 aliphatic rings. The number of hydrogen-bond donors (Lipinski definition) is 2. The molecule has 4 atom stereocenters. The lowest BCUT2D eigenvalue weighted by molar-refractivity contribution is -0.0171. The van der Waals surface area contributed by atoms with Crippen LogP contribution in [-0.2, 0) is 4.74 Å². The Morgan fingerprint density at radius 1 is 1.47 bits per heavy atom. The van der Waals surface area contributed by atoms with Gasteiger partial charge in [-0.15, -0.1) is 0 Å². The second kappa shape index (κ2) is 4.11. The van der Waals surface area contributed by atoms with Crippen LogP contribution >= 0.6 is 11.6 Å². The minimum absolute atomic E-state index is 0.0662. The van der Waals surface area contributed by atoms with Crippen LogP contribution in [0.15, 0.2) is 9.79 Å². The van der Waals surface area contributed by atoms with Crippen LogP contribution < -0.4 is 21.8 Å². The highest BCUT2D eigenvalue weighted by Crippen LogP contribution is 2.37. The van der Waals surface area contributed by atoms with Gasteiger partial charge in [-0.3, -0.25) is 4.57 Å². The van der Waals surface area contributed by atoms with Crippen LogP contribution in [-0.4, -0.2) is 27.4 Å². The van der Waals surface area contributed by atoms with Gasteiger partial charge in [-0.25, -0.2) is 9.79 Å². The molecular formula is C12H15ClN4O2. The van der Waals surface area contributed by atoms with E-state index < -0.39 is 5.60 Å². The van der Waals surface area contributed by atoms with Crippen LogP contribution in [0.2, 0.25) is 0 Å². The van der Waals surface area contributed by atoms with Gasteiger partial charge in [0.05, 0.1) is 13.6 Å². The highest BCUT2D eigenvalue weighted by atomic mass is 35.5. The lowest BCUT2D eigenvalue weighted by atomic mass is 10.0. The van der Waals surface area contributed by atoms with Crippen molar-refractivity contribution in [3.63, 3.8) is 0 Å². The van der Waals surface area contributed by atoms with Crippen LogP contribution in [0.4, 0.5) is 0 Å². The summed E-state index contributed by atoms with van der Waals surface area (Å²) in [6.45, 7) is 0. The van der Waals surface area contributed by atoms with E-state index in [1.54, 1.807) is 4.57 Å². The van der Waals surface area contributed by atoms with Crippen molar-refractivity contribution in [2.24, 2.45) is 4.99 Å². The van der Waals surface area contributed by atoms with Crippen molar-refractivity contribution in [1.82, 2.24) is 14.9 Å². The van der Waals surface area contributed by atoms with E-state index in [4.69, 9.17) is 17.7 Å². The van der Waals surface area contributed by atoms with Gasteiger partial charge in [0.15, 0.2) is 11.1 Å². The number of H-pyrrole nitrogens is 1. The van der Waals surface area contributed by atoms with E-state index in [1.807, 2.05) is 0 Å². The topological polar surface area (TPSA) is 71.4 Å². The van der Waals surface area contributed by atoms with Crippen LogP contribution in [0.25, 0.3) is 6.20 Å². The van der Waals surface area contributed by atoms with Gasteiger partial charge in [0.2, 0.25) is 0 Å². The first-order valence-electron chi connectivity index (χ1n) is 7.04. The Bertz CT molecular complexity index is 713. The molecule has 4 rings (SSSR count). The van der Waals surface area contributed by atoms with Crippen molar-refractivity contribution in [3.8, 4) is 0 Å². The molecule has 2 N–H and O–H groups in total. The number of imidazole rings is 1. The van der Waals surface area contributed by atoms with E-state index in [0.29, 0.717) is 10.8 Å². The standard InChI is InChI=1S/C12H15ClN4O2/c13-11-14-5-9-10(16-11)17(12(18)15-9)6-3-7-1-2-8(4-6)19-7/h5-8,11,14H,1-4H2,(H,15,18)/t6?,7-,8+,11?/i11D.